The third kappa shape index (κ3) is 8.10. The summed E-state index contributed by atoms with van der Waals surface area (Å²) < 4.78 is 0.827. The maximum atomic E-state index is 12.4. The number of carbonyl (C=O) groups excluding carboxylic acids is 3. The summed E-state index contributed by atoms with van der Waals surface area (Å²) in [7, 11) is 0. The van der Waals surface area contributed by atoms with Crippen LogP contribution < -0.4 is 21.5 Å². The number of anilines is 1. The second-order valence-corrected chi connectivity index (χ2v) is 9.08. The predicted octanol–water partition coefficient (Wildman–Crippen LogP) is 3.80. The maximum Gasteiger partial charge on any atom is 0.257 e. The molecule has 0 spiro atoms. The van der Waals surface area contributed by atoms with Crippen LogP contribution in [0.25, 0.3) is 0 Å². The van der Waals surface area contributed by atoms with Crippen molar-refractivity contribution in [3.63, 3.8) is 0 Å². The molecule has 0 unspecified atom stereocenters. The molecule has 0 saturated heterocycles. The van der Waals surface area contributed by atoms with Crippen LogP contribution in [0.3, 0.4) is 0 Å². The second-order valence-electron chi connectivity index (χ2n) is 7.82. The molecule has 2 aromatic rings. The topological polar surface area (TPSA) is 99.3 Å². The highest BCUT2D eigenvalue weighted by atomic mass is 79.9. The molecule has 0 heterocycles. The minimum absolute atomic E-state index is 0.00960. The van der Waals surface area contributed by atoms with E-state index in [4.69, 9.17) is 12.2 Å². The molecule has 9 heteroatoms. The molecular formula is C22H25BrN4O3S. The van der Waals surface area contributed by atoms with Crippen molar-refractivity contribution in [1.29, 1.82) is 0 Å². The van der Waals surface area contributed by atoms with Crippen LogP contribution in [-0.4, -0.2) is 22.8 Å². The normalized spacial score (nSPS) is 10.7. The Labute approximate surface area is 195 Å². The van der Waals surface area contributed by atoms with Gasteiger partial charge >= 0.3 is 0 Å². The zero-order chi connectivity index (χ0) is 23.0. The number of hydrazine groups is 1. The Morgan fingerprint density at radius 2 is 1.58 bits per heavy atom. The third-order valence-electron chi connectivity index (χ3n) is 4.22. The van der Waals surface area contributed by atoms with Crippen LogP contribution in [0.4, 0.5) is 5.69 Å². The van der Waals surface area contributed by atoms with Crippen LogP contribution >= 0.6 is 28.1 Å². The lowest BCUT2D eigenvalue weighted by molar-refractivity contribution is -0.124. The molecule has 0 radical (unpaired) electrons. The molecule has 0 atom stereocenters. The van der Waals surface area contributed by atoms with Gasteiger partial charge in [0.15, 0.2) is 5.11 Å². The summed E-state index contributed by atoms with van der Waals surface area (Å²) in [5, 5.41) is 5.15. The molecule has 31 heavy (non-hydrogen) atoms. The van der Waals surface area contributed by atoms with Crippen molar-refractivity contribution in [3.8, 4) is 0 Å². The van der Waals surface area contributed by atoms with Gasteiger partial charge in [0.1, 0.15) is 0 Å². The van der Waals surface area contributed by atoms with Crippen LogP contribution in [0.5, 0.6) is 0 Å². The number of carbonyl (C=O) groups is 3. The fraction of sp³-hybridized carbons (Fsp3) is 0.273. The van der Waals surface area contributed by atoms with Gasteiger partial charge in [-0.25, -0.2) is 0 Å². The second kappa shape index (κ2) is 11.0. The SMILES string of the molecule is CC(C)(C)c1ccc(C(=O)NC(=S)NNC(=O)CCC(=O)Nc2ccccc2)cc1Br. The van der Waals surface area contributed by atoms with E-state index in [1.54, 1.807) is 36.4 Å². The maximum absolute atomic E-state index is 12.4. The molecule has 2 rings (SSSR count). The summed E-state index contributed by atoms with van der Waals surface area (Å²) in [5.41, 5.74) is 6.93. The Kier molecular flexibility index (Phi) is 8.70. The number of amides is 3. The monoisotopic (exact) mass is 504 g/mol. The van der Waals surface area contributed by atoms with Crippen molar-refractivity contribution in [2.24, 2.45) is 0 Å². The molecule has 2 aromatic carbocycles. The summed E-state index contributed by atoms with van der Waals surface area (Å²) in [6.45, 7) is 6.25. The number of hydrogen-bond acceptors (Lipinski definition) is 4. The van der Waals surface area contributed by atoms with E-state index < -0.39 is 11.8 Å². The van der Waals surface area contributed by atoms with E-state index in [-0.39, 0.29) is 29.3 Å². The molecular weight excluding hydrogens is 480 g/mol. The lowest BCUT2D eigenvalue weighted by atomic mass is 9.86. The van der Waals surface area contributed by atoms with Gasteiger partial charge in [-0.15, -0.1) is 0 Å². The first-order valence-corrected chi connectivity index (χ1v) is 10.8. The first-order valence-electron chi connectivity index (χ1n) is 9.61. The number of halogens is 1. The molecule has 0 aliphatic rings. The quantitative estimate of drug-likeness (QED) is 0.366. The predicted molar refractivity (Wildman–Crippen MR) is 128 cm³/mol. The number of para-hydroxylation sites is 1. The van der Waals surface area contributed by atoms with Gasteiger partial charge in [0.05, 0.1) is 0 Å². The highest BCUT2D eigenvalue weighted by Gasteiger charge is 2.18. The summed E-state index contributed by atoms with van der Waals surface area (Å²) in [4.78, 5) is 36.2. The summed E-state index contributed by atoms with van der Waals surface area (Å²) in [6, 6.07) is 14.3. The number of rotatable bonds is 5. The molecule has 164 valence electrons. The molecule has 0 bridgehead atoms. The number of benzene rings is 2. The first kappa shape index (κ1) is 24.5. The van der Waals surface area contributed by atoms with E-state index in [2.05, 4.69) is 58.2 Å². The van der Waals surface area contributed by atoms with E-state index in [0.29, 0.717) is 11.3 Å². The minimum Gasteiger partial charge on any atom is -0.326 e. The van der Waals surface area contributed by atoms with Gasteiger partial charge in [-0.05, 0) is 47.5 Å². The van der Waals surface area contributed by atoms with E-state index in [0.717, 1.165) is 10.0 Å². The smallest absolute Gasteiger partial charge is 0.257 e. The number of hydrogen-bond donors (Lipinski definition) is 4. The zero-order valence-corrected chi connectivity index (χ0v) is 19.9. The fourth-order valence-corrected chi connectivity index (χ4v) is 3.75. The summed E-state index contributed by atoms with van der Waals surface area (Å²) in [6.07, 6.45) is -0.0287. The average Bonchev–Trinajstić information content (AvgIpc) is 2.70. The largest absolute Gasteiger partial charge is 0.326 e. The molecule has 0 saturated carbocycles. The van der Waals surface area contributed by atoms with Crippen molar-refractivity contribution >= 4 is 56.7 Å². The molecule has 3 amide bonds. The lowest BCUT2D eigenvalue weighted by Gasteiger charge is -2.21. The summed E-state index contributed by atoms with van der Waals surface area (Å²) >= 11 is 8.54. The average molecular weight is 505 g/mol. The van der Waals surface area contributed by atoms with Crippen molar-refractivity contribution in [2.45, 2.75) is 39.0 Å². The molecule has 0 aliphatic heterocycles. The number of thiocarbonyl (C=S) groups is 1. The molecule has 0 aliphatic carbocycles. The van der Waals surface area contributed by atoms with Gasteiger partial charge in [-0.3, -0.25) is 30.6 Å². The van der Waals surface area contributed by atoms with Gasteiger partial charge < -0.3 is 5.32 Å². The Balaban J connectivity index is 1.75. The van der Waals surface area contributed by atoms with Crippen LogP contribution in [0, 0.1) is 0 Å². The third-order valence-corrected chi connectivity index (χ3v) is 5.08. The summed E-state index contributed by atoms with van der Waals surface area (Å²) in [5.74, 6) is -1.12. The van der Waals surface area contributed by atoms with Gasteiger partial charge in [0.25, 0.3) is 5.91 Å². The van der Waals surface area contributed by atoms with Crippen molar-refractivity contribution in [3.05, 3.63) is 64.1 Å². The van der Waals surface area contributed by atoms with Gasteiger partial charge in [0.2, 0.25) is 11.8 Å². The Hall–Kier alpha value is -2.78. The van der Waals surface area contributed by atoms with Gasteiger partial charge in [-0.1, -0.05) is 61.0 Å². The highest BCUT2D eigenvalue weighted by Crippen LogP contribution is 2.30. The van der Waals surface area contributed by atoms with Crippen LogP contribution in [0.15, 0.2) is 53.0 Å². The number of nitrogens with one attached hydrogen (secondary N) is 4. The van der Waals surface area contributed by atoms with Crippen molar-refractivity contribution in [2.75, 3.05) is 5.32 Å². The Bertz CT molecular complexity index is 974. The Morgan fingerprint density at radius 3 is 2.19 bits per heavy atom. The molecule has 4 N–H and O–H groups in total. The lowest BCUT2D eigenvalue weighted by Crippen LogP contribution is -2.48. The first-order chi connectivity index (χ1) is 14.6. The molecule has 0 aromatic heterocycles. The zero-order valence-electron chi connectivity index (χ0n) is 17.5. The standard InChI is InChI=1S/C22H25BrN4O3S/c1-22(2,3)16-10-9-14(13-17(16)23)20(30)25-21(31)27-26-19(29)12-11-18(28)24-15-7-5-4-6-8-15/h4-10,13H,11-12H2,1-3H3,(H,24,28)(H,26,29)(H2,25,27,30,31). The van der Waals surface area contributed by atoms with Crippen molar-refractivity contribution < 1.29 is 14.4 Å². The van der Waals surface area contributed by atoms with Crippen LogP contribution in [0.1, 0.15) is 49.5 Å². The van der Waals surface area contributed by atoms with Crippen LogP contribution in [0.2, 0.25) is 0 Å². The Morgan fingerprint density at radius 1 is 0.935 bits per heavy atom. The molecule has 7 nitrogen and oxygen atoms in total. The highest BCUT2D eigenvalue weighted by molar-refractivity contribution is 9.10. The minimum atomic E-state index is -0.433. The fourth-order valence-electron chi connectivity index (χ4n) is 2.63. The van der Waals surface area contributed by atoms with Crippen molar-refractivity contribution in [1.82, 2.24) is 16.2 Å². The van der Waals surface area contributed by atoms with E-state index >= 15 is 0 Å². The molecule has 0 fully saturated rings. The van der Waals surface area contributed by atoms with Gasteiger partial charge in [-0.2, -0.15) is 0 Å². The van der Waals surface area contributed by atoms with E-state index in [1.165, 1.54) is 0 Å². The van der Waals surface area contributed by atoms with Gasteiger partial charge in [0, 0.05) is 28.6 Å². The van der Waals surface area contributed by atoms with E-state index in [9.17, 15) is 14.4 Å². The van der Waals surface area contributed by atoms with Crippen LogP contribution in [-0.2, 0) is 15.0 Å². The van der Waals surface area contributed by atoms with E-state index in [1.807, 2.05) is 12.1 Å².